The minimum Gasteiger partial charge on any atom is -0.439 e. The van der Waals surface area contributed by atoms with Crippen LogP contribution in [0.3, 0.4) is 0 Å². The number of fused-ring (bicyclic) bond motifs is 1. The van der Waals surface area contributed by atoms with Gasteiger partial charge in [-0.05, 0) is 49.9 Å². The van der Waals surface area contributed by atoms with Crippen molar-refractivity contribution in [2.24, 2.45) is 0 Å². The Labute approximate surface area is 111 Å². The van der Waals surface area contributed by atoms with Crippen LogP contribution in [-0.2, 0) is 12.8 Å². The summed E-state index contributed by atoms with van der Waals surface area (Å²) in [5.74, 6) is 1.35. The largest absolute Gasteiger partial charge is 0.439 e. The summed E-state index contributed by atoms with van der Waals surface area (Å²) < 4.78 is 5.82. The van der Waals surface area contributed by atoms with Gasteiger partial charge in [0.1, 0.15) is 12.1 Å². The molecule has 0 saturated carbocycles. The van der Waals surface area contributed by atoms with Crippen molar-refractivity contribution in [1.29, 1.82) is 5.26 Å². The van der Waals surface area contributed by atoms with Crippen LogP contribution in [-0.4, -0.2) is 9.97 Å². The summed E-state index contributed by atoms with van der Waals surface area (Å²) in [5, 5.41) is 8.76. The van der Waals surface area contributed by atoms with Gasteiger partial charge in [0.25, 0.3) is 0 Å². The predicted octanol–water partition coefficient (Wildman–Crippen LogP) is 3.02. The Balaban J connectivity index is 1.88. The molecule has 0 N–H and O–H groups in total. The normalized spacial score (nSPS) is 13.4. The van der Waals surface area contributed by atoms with Gasteiger partial charge in [-0.1, -0.05) is 0 Å². The SMILES string of the molecule is N#Cc1ccc(Oc2ncnc3c2CCCC3)cc1. The molecule has 1 aromatic heterocycles. The molecule has 0 fully saturated rings. The molecule has 0 bridgehead atoms. The molecular formula is C15H13N3O. The van der Waals surface area contributed by atoms with Gasteiger partial charge in [-0.2, -0.15) is 5.26 Å². The van der Waals surface area contributed by atoms with Gasteiger partial charge in [-0.3, -0.25) is 0 Å². The van der Waals surface area contributed by atoms with Crippen molar-refractivity contribution in [2.75, 3.05) is 0 Å². The van der Waals surface area contributed by atoms with Gasteiger partial charge >= 0.3 is 0 Å². The summed E-state index contributed by atoms with van der Waals surface area (Å²) in [6.07, 6.45) is 5.87. The molecular weight excluding hydrogens is 238 g/mol. The second-order valence-corrected chi connectivity index (χ2v) is 4.55. The van der Waals surface area contributed by atoms with Gasteiger partial charge in [0.2, 0.25) is 5.88 Å². The fourth-order valence-electron chi connectivity index (χ4n) is 2.29. The first kappa shape index (κ1) is 11.7. The van der Waals surface area contributed by atoms with Crippen molar-refractivity contribution in [1.82, 2.24) is 9.97 Å². The van der Waals surface area contributed by atoms with Crippen molar-refractivity contribution in [3.8, 4) is 17.7 Å². The molecule has 4 heteroatoms. The Morgan fingerprint density at radius 2 is 1.84 bits per heavy atom. The number of ether oxygens (including phenoxy) is 1. The predicted molar refractivity (Wildman–Crippen MR) is 69.9 cm³/mol. The standard InChI is InChI=1S/C15H13N3O/c16-9-11-5-7-12(8-6-11)19-15-13-3-1-2-4-14(13)17-10-18-15/h5-8,10H,1-4H2. The molecule has 3 rings (SSSR count). The molecule has 2 aromatic rings. The molecule has 1 heterocycles. The lowest BCUT2D eigenvalue weighted by Crippen LogP contribution is -2.08. The summed E-state index contributed by atoms with van der Waals surface area (Å²) >= 11 is 0. The van der Waals surface area contributed by atoms with Crippen LogP contribution < -0.4 is 4.74 Å². The van der Waals surface area contributed by atoms with E-state index in [1.165, 1.54) is 6.42 Å². The second-order valence-electron chi connectivity index (χ2n) is 4.55. The first-order valence-corrected chi connectivity index (χ1v) is 6.37. The molecule has 1 aliphatic rings. The number of aromatic nitrogens is 2. The number of benzene rings is 1. The molecule has 0 amide bonds. The van der Waals surface area contributed by atoms with E-state index >= 15 is 0 Å². The number of hydrogen-bond acceptors (Lipinski definition) is 4. The van der Waals surface area contributed by atoms with Crippen molar-refractivity contribution in [2.45, 2.75) is 25.7 Å². The van der Waals surface area contributed by atoms with Gasteiger partial charge in [0.05, 0.1) is 17.3 Å². The quantitative estimate of drug-likeness (QED) is 0.823. The van der Waals surface area contributed by atoms with E-state index in [2.05, 4.69) is 16.0 Å². The molecule has 4 nitrogen and oxygen atoms in total. The smallest absolute Gasteiger partial charge is 0.225 e. The molecule has 0 atom stereocenters. The highest BCUT2D eigenvalue weighted by molar-refractivity contribution is 5.39. The zero-order chi connectivity index (χ0) is 13.1. The third kappa shape index (κ3) is 2.41. The van der Waals surface area contributed by atoms with Crippen LogP contribution in [0.2, 0.25) is 0 Å². The highest BCUT2D eigenvalue weighted by Crippen LogP contribution is 2.29. The molecule has 19 heavy (non-hydrogen) atoms. The van der Waals surface area contributed by atoms with Gasteiger partial charge in [-0.15, -0.1) is 0 Å². The average Bonchev–Trinajstić information content (AvgIpc) is 2.48. The lowest BCUT2D eigenvalue weighted by atomic mass is 9.97. The zero-order valence-corrected chi connectivity index (χ0v) is 10.5. The number of aryl methyl sites for hydroxylation is 1. The van der Waals surface area contributed by atoms with E-state index in [4.69, 9.17) is 10.00 Å². The lowest BCUT2D eigenvalue weighted by Gasteiger charge is -2.17. The minimum absolute atomic E-state index is 0.622. The third-order valence-corrected chi connectivity index (χ3v) is 3.28. The summed E-state index contributed by atoms with van der Waals surface area (Å²) in [6, 6.07) is 9.14. The van der Waals surface area contributed by atoms with Crippen molar-refractivity contribution >= 4 is 0 Å². The lowest BCUT2D eigenvalue weighted by molar-refractivity contribution is 0.447. The Kier molecular flexibility index (Phi) is 3.11. The van der Waals surface area contributed by atoms with Crippen LogP contribution in [0.5, 0.6) is 11.6 Å². The third-order valence-electron chi connectivity index (χ3n) is 3.28. The van der Waals surface area contributed by atoms with Gasteiger partial charge in [-0.25, -0.2) is 9.97 Å². The van der Waals surface area contributed by atoms with Crippen molar-refractivity contribution in [3.63, 3.8) is 0 Å². The fourth-order valence-corrected chi connectivity index (χ4v) is 2.29. The molecule has 0 spiro atoms. The van der Waals surface area contributed by atoms with Gasteiger partial charge < -0.3 is 4.74 Å². The Morgan fingerprint density at radius 1 is 1.05 bits per heavy atom. The van der Waals surface area contributed by atoms with Crippen LogP contribution >= 0.6 is 0 Å². The summed E-state index contributed by atoms with van der Waals surface area (Å²) in [5.41, 5.74) is 2.85. The highest BCUT2D eigenvalue weighted by atomic mass is 16.5. The maximum atomic E-state index is 8.76. The Bertz CT molecular complexity index is 629. The second kappa shape index (κ2) is 5.07. The summed E-state index contributed by atoms with van der Waals surface area (Å²) in [7, 11) is 0. The monoisotopic (exact) mass is 251 g/mol. The molecule has 0 radical (unpaired) electrons. The minimum atomic E-state index is 0.622. The molecule has 0 unspecified atom stereocenters. The van der Waals surface area contributed by atoms with E-state index in [9.17, 15) is 0 Å². The van der Waals surface area contributed by atoms with Crippen LogP contribution in [0, 0.1) is 11.3 Å². The van der Waals surface area contributed by atoms with E-state index in [-0.39, 0.29) is 0 Å². The van der Waals surface area contributed by atoms with Crippen LogP contribution in [0.4, 0.5) is 0 Å². The molecule has 0 aliphatic heterocycles. The first-order chi connectivity index (χ1) is 9.36. The molecule has 1 aliphatic carbocycles. The molecule has 1 aromatic carbocycles. The van der Waals surface area contributed by atoms with E-state index in [0.29, 0.717) is 17.2 Å². The average molecular weight is 251 g/mol. The maximum Gasteiger partial charge on any atom is 0.225 e. The maximum absolute atomic E-state index is 8.76. The van der Waals surface area contributed by atoms with E-state index < -0.39 is 0 Å². The number of hydrogen-bond donors (Lipinski definition) is 0. The highest BCUT2D eigenvalue weighted by Gasteiger charge is 2.16. The van der Waals surface area contributed by atoms with Gasteiger partial charge in [0, 0.05) is 5.56 Å². The van der Waals surface area contributed by atoms with Crippen LogP contribution in [0.25, 0.3) is 0 Å². The number of nitrogens with zero attached hydrogens (tertiary/aromatic N) is 3. The first-order valence-electron chi connectivity index (χ1n) is 6.37. The van der Waals surface area contributed by atoms with Gasteiger partial charge in [0.15, 0.2) is 0 Å². The summed E-state index contributed by atoms with van der Waals surface area (Å²) in [4.78, 5) is 8.55. The van der Waals surface area contributed by atoms with E-state index in [1.54, 1.807) is 30.6 Å². The van der Waals surface area contributed by atoms with E-state index in [0.717, 1.165) is 30.5 Å². The molecule has 94 valence electrons. The van der Waals surface area contributed by atoms with E-state index in [1.807, 2.05) is 0 Å². The topological polar surface area (TPSA) is 58.8 Å². The number of nitriles is 1. The Morgan fingerprint density at radius 3 is 2.63 bits per heavy atom. The fraction of sp³-hybridized carbons (Fsp3) is 0.267. The number of rotatable bonds is 2. The van der Waals surface area contributed by atoms with Crippen molar-refractivity contribution < 1.29 is 4.74 Å². The van der Waals surface area contributed by atoms with Crippen LogP contribution in [0.15, 0.2) is 30.6 Å². The molecule has 0 saturated heterocycles. The summed E-state index contributed by atoms with van der Waals surface area (Å²) in [6.45, 7) is 0. The van der Waals surface area contributed by atoms with Crippen LogP contribution in [0.1, 0.15) is 29.7 Å². The zero-order valence-electron chi connectivity index (χ0n) is 10.5. The Hall–Kier alpha value is -2.41. The van der Waals surface area contributed by atoms with Crippen molar-refractivity contribution in [3.05, 3.63) is 47.4 Å².